The molecule has 0 spiro atoms. The van der Waals surface area contributed by atoms with E-state index in [1.54, 1.807) is 6.92 Å². The van der Waals surface area contributed by atoms with Gasteiger partial charge < -0.3 is 9.30 Å². The standard InChI is InChI=1S/C17H15BrClN3O2S/c1-4-24-16(23)11-8-20-17(25-3)21-14(11)13-10-6-5-9(19)7-12(10)22(2)15(13)18/h5-8H,4H2,1-3H3. The molecule has 130 valence electrons. The van der Waals surface area contributed by atoms with Crippen LogP contribution in [0.5, 0.6) is 0 Å². The van der Waals surface area contributed by atoms with Crippen LogP contribution >= 0.6 is 39.3 Å². The molecule has 5 nitrogen and oxygen atoms in total. The Bertz CT molecular complexity index is 974. The summed E-state index contributed by atoms with van der Waals surface area (Å²) in [6, 6.07) is 5.62. The average molecular weight is 441 g/mol. The summed E-state index contributed by atoms with van der Waals surface area (Å²) in [7, 11) is 1.92. The maximum atomic E-state index is 12.4. The Morgan fingerprint density at radius 2 is 2.20 bits per heavy atom. The van der Waals surface area contributed by atoms with Gasteiger partial charge in [0.15, 0.2) is 5.16 Å². The number of nitrogens with zero attached hydrogens (tertiary/aromatic N) is 3. The molecule has 0 atom stereocenters. The second-order valence-electron chi connectivity index (χ2n) is 5.23. The van der Waals surface area contributed by atoms with E-state index in [2.05, 4.69) is 25.9 Å². The van der Waals surface area contributed by atoms with E-state index in [-0.39, 0.29) is 6.61 Å². The van der Waals surface area contributed by atoms with Crippen molar-refractivity contribution in [3.05, 3.63) is 39.6 Å². The van der Waals surface area contributed by atoms with Crippen molar-refractivity contribution in [3.8, 4) is 11.3 Å². The minimum Gasteiger partial charge on any atom is -0.462 e. The second kappa shape index (κ2) is 7.35. The molecule has 0 unspecified atom stereocenters. The van der Waals surface area contributed by atoms with Crippen molar-refractivity contribution < 1.29 is 9.53 Å². The van der Waals surface area contributed by atoms with Crippen molar-refractivity contribution in [2.75, 3.05) is 12.9 Å². The van der Waals surface area contributed by atoms with Crippen LogP contribution in [0.25, 0.3) is 22.2 Å². The zero-order valence-corrected chi connectivity index (χ0v) is 17.0. The molecule has 3 aromatic rings. The number of hydrogen-bond acceptors (Lipinski definition) is 5. The molecule has 0 aliphatic heterocycles. The molecule has 8 heteroatoms. The highest BCUT2D eigenvalue weighted by Crippen LogP contribution is 2.39. The topological polar surface area (TPSA) is 57.0 Å². The van der Waals surface area contributed by atoms with Gasteiger partial charge in [-0.25, -0.2) is 14.8 Å². The number of aromatic nitrogens is 3. The number of aryl methyl sites for hydroxylation is 1. The fraction of sp³-hybridized carbons (Fsp3) is 0.235. The zero-order chi connectivity index (χ0) is 18.1. The normalized spacial score (nSPS) is 11.1. The van der Waals surface area contributed by atoms with Crippen molar-refractivity contribution in [3.63, 3.8) is 0 Å². The van der Waals surface area contributed by atoms with E-state index >= 15 is 0 Å². The number of halogens is 2. The number of thioether (sulfide) groups is 1. The summed E-state index contributed by atoms with van der Waals surface area (Å²) >= 11 is 11.2. The number of ether oxygens (including phenoxy) is 1. The molecule has 3 rings (SSSR count). The summed E-state index contributed by atoms with van der Waals surface area (Å²) in [5, 5.41) is 2.17. The second-order valence-corrected chi connectivity index (χ2v) is 7.19. The van der Waals surface area contributed by atoms with Crippen LogP contribution in [0.1, 0.15) is 17.3 Å². The van der Waals surface area contributed by atoms with Gasteiger partial charge in [0.1, 0.15) is 5.56 Å². The molecule has 0 bridgehead atoms. The van der Waals surface area contributed by atoms with Gasteiger partial charge in [-0.1, -0.05) is 29.4 Å². The van der Waals surface area contributed by atoms with Gasteiger partial charge >= 0.3 is 5.97 Å². The van der Waals surface area contributed by atoms with E-state index in [0.29, 0.717) is 21.4 Å². The Balaban J connectivity index is 2.34. The summed E-state index contributed by atoms with van der Waals surface area (Å²) < 4.78 is 7.94. The minimum atomic E-state index is -0.442. The van der Waals surface area contributed by atoms with Gasteiger partial charge in [0, 0.05) is 29.2 Å². The van der Waals surface area contributed by atoms with Gasteiger partial charge in [-0.2, -0.15) is 0 Å². The number of carbonyl (C=O) groups is 1. The molecule has 0 radical (unpaired) electrons. The van der Waals surface area contributed by atoms with Gasteiger partial charge in [0.25, 0.3) is 0 Å². The largest absolute Gasteiger partial charge is 0.462 e. The first-order valence-electron chi connectivity index (χ1n) is 7.49. The number of fused-ring (bicyclic) bond motifs is 1. The fourth-order valence-corrected chi connectivity index (χ4v) is 3.72. The maximum Gasteiger partial charge on any atom is 0.341 e. The van der Waals surface area contributed by atoms with Gasteiger partial charge in [0.05, 0.1) is 22.4 Å². The van der Waals surface area contributed by atoms with Gasteiger partial charge in [-0.3, -0.25) is 0 Å². The van der Waals surface area contributed by atoms with Crippen molar-refractivity contribution in [1.29, 1.82) is 0 Å². The van der Waals surface area contributed by atoms with Crippen LogP contribution in [0.2, 0.25) is 5.02 Å². The van der Waals surface area contributed by atoms with Crippen LogP contribution in [-0.4, -0.2) is 33.4 Å². The molecule has 0 aliphatic rings. The Morgan fingerprint density at radius 1 is 1.44 bits per heavy atom. The number of benzene rings is 1. The summed E-state index contributed by atoms with van der Waals surface area (Å²) in [6.07, 6.45) is 3.41. The highest BCUT2D eigenvalue weighted by molar-refractivity contribution is 9.10. The van der Waals surface area contributed by atoms with Crippen LogP contribution in [0.4, 0.5) is 0 Å². The predicted octanol–water partition coefficient (Wildman–Crippen LogP) is 4.95. The monoisotopic (exact) mass is 439 g/mol. The Labute approximate surface area is 162 Å². The first kappa shape index (κ1) is 18.2. The van der Waals surface area contributed by atoms with E-state index in [9.17, 15) is 4.79 Å². The highest BCUT2D eigenvalue weighted by atomic mass is 79.9. The van der Waals surface area contributed by atoms with E-state index in [4.69, 9.17) is 16.3 Å². The first-order chi connectivity index (χ1) is 12.0. The third kappa shape index (κ3) is 3.28. The van der Waals surface area contributed by atoms with Gasteiger partial charge in [-0.15, -0.1) is 0 Å². The molecule has 0 amide bonds. The molecule has 0 aliphatic carbocycles. The third-order valence-electron chi connectivity index (χ3n) is 3.77. The predicted molar refractivity (Wildman–Crippen MR) is 104 cm³/mol. The number of hydrogen-bond donors (Lipinski definition) is 0. The van der Waals surface area contributed by atoms with Crippen LogP contribution in [0.3, 0.4) is 0 Å². The third-order valence-corrected chi connectivity index (χ3v) is 5.50. The maximum absolute atomic E-state index is 12.4. The Kier molecular flexibility index (Phi) is 5.36. The first-order valence-corrected chi connectivity index (χ1v) is 9.89. The highest BCUT2D eigenvalue weighted by Gasteiger charge is 2.23. The van der Waals surface area contributed by atoms with E-state index < -0.39 is 5.97 Å². The van der Waals surface area contributed by atoms with Gasteiger partial charge in [0.2, 0.25) is 0 Å². The van der Waals surface area contributed by atoms with Gasteiger partial charge in [-0.05, 0) is 41.2 Å². The summed E-state index contributed by atoms with van der Waals surface area (Å²) in [5.74, 6) is -0.442. The van der Waals surface area contributed by atoms with E-state index in [0.717, 1.165) is 21.1 Å². The lowest BCUT2D eigenvalue weighted by molar-refractivity contribution is 0.0526. The SMILES string of the molecule is CCOC(=O)c1cnc(SC)nc1-c1c(Br)n(C)c2cc(Cl)ccc12. The summed E-state index contributed by atoms with van der Waals surface area (Å²) in [6.45, 7) is 2.05. The lowest BCUT2D eigenvalue weighted by Gasteiger charge is -2.09. The molecule has 0 N–H and O–H groups in total. The van der Waals surface area contributed by atoms with E-state index in [1.165, 1.54) is 18.0 Å². The lowest BCUT2D eigenvalue weighted by atomic mass is 10.1. The molecule has 0 saturated heterocycles. The lowest BCUT2D eigenvalue weighted by Crippen LogP contribution is -2.09. The van der Waals surface area contributed by atoms with Crippen molar-refractivity contribution in [1.82, 2.24) is 14.5 Å². The quantitative estimate of drug-likeness (QED) is 0.326. The minimum absolute atomic E-state index is 0.287. The number of carbonyl (C=O) groups excluding carboxylic acids is 1. The molecule has 25 heavy (non-hydrogen) atoms. The molecular formula is C17H15BrClN3O2S. The Hall–Kier alpha value is -1.57. The van der Waals surface area contributed by atoms with E-state index in [1.807, 2.05) is 36.1 Å². The molecular weight excluding hydrogens is 426 g/mol. The zero-order valence-electron chi connectivity index (χ0n) is 13.8. The van der Waals surface area contributed by atoms with Crippen molar-refractivity contribution in [2.45, 2.75) is 12.1 Å². The summed E-state index contributed by atoms with van der Waals surface area (Å²) in [5.41, 5.74) is 2.63. The molecule has 2 heterocycles. The fourth-order valence-electron chi connectivity index (χ4n) is 2.62. The smallest absolute Gasteiger partial charge is 0.341 e. The van der Waals surface area contributed by atoms with Crippen LogP contribution in [0, 0.1) is 0 Å². The molecule has 0 saturated carbocycles. The van der Waals surface area contributed by atoms with Crippen molar-refractivity contribution >= 4 is 56.2 Å². The van der Waals surface area contributed by atoms with Crippen LogP contribution < -0.4 is 0 Å². The molecule has 2 aromatic heterocycles. The summed E-state index contributed by atoms with van der Waals surface area (Å²) in [4.78, 5) is 21.2. The van der Waals surface area contributed by atoms with Crippen molar-refractivity contribution in [2.24, 2.45) is 7.05 Å². The van der Waals surface area contributed by atoms with Crippen LogP contribution in [0.15, 0.2) is 34.2 Å². The number of esters is 1. The molecule has 1 aromatic carbocycles. The number of rotatable bonds is 4. The average Bonchev–Trinajstić information content (AvgIpc) is 2.85. The molecule has 0 fully saturated rings. The Morgan fingerprint density at radius 3 is 2.88 bits per heavy atom. The van der Waals surface area contributed by atoms with Crippen LogP contribution in [-0.2, 0) is 11.8 Å².